The minimum Gasteiger partial charge on any atom is -0.383 e. The van der Waals surface area contributed by atoms with Crippen molar-refractivity contribution in [1.82, 2.24) is 14.7 Å². The number of hydrogen-bond donors (Lipinski definition) is 1. The average molecular weight is 182 g/mol. The second kappa shape index (κ2) is 3.47. The molecule has 0 spiro atoms. The molecule has 1 amide bonds. The first-order valence-electron chi connectivity index (χ1n) is 4.10. The number of nitrogens with zero attached hydrogens (tertiary/aromatic N) is 3. The van der Waals surface area contributed by atoms with E-state index in [1.165, 1.54) is 10.9 Å². The lowest BCUT2D eigenvalue weighted by Crippen LogP contribution is -2.26. The molecule has 0 saturated heterocycles. The van der Waals surface area contributed by atoms with Crippen LogP contribution < -0.4 is 5.73 Å². The number of nitrogen functional groups attached to an aromatic ring is 1. The summed E-state index contributed by atoms with van der Waals surface area (Å²) in [7, 11) is 3.44. The Labute approximate surface area is 77.1 Å². The maximum Gasteiger partial charge on any atom is 0.258 e. The number of nitrogens with two attached hydrogens (primary N) is 1. The Morgan fingerprint density at radius 2 is 2.38 bits per heavy atom. The summed E-state index contributed by atoms with van der Waals surface area (Å²) in [6, 6.07) is 0. The molecule has 2 N–H and O–H groups in total. The standard InChI is InChI=1S/C8H14N4O/c1-4-11(2)8(13)6-5-10-12(3)7(6)9/h5H,4,9H2,1-3H3. The lowest BCUT2D eigenvalue weighted by molar-refractivity contribution is 0.0803. The minimum absolute atomic E-state index is 0.0897. The first-order valence-corrected chi connectivity index (χ1v) is 4.10. The molecule has 0 radical (unpaired) electrons. The van der Waals surface area contributed by atoms with Crippen molar-refractivity contribution in [2.24, 2.45) is 7.05 Å². The summed E-state index contributed by atoms with van der Waals surface area (Å²) in [5.41, 5.74) is 6.11. The van der Waals surface area contributed by atoms with Crippen molar-refractivity contribution in [3.8, 4) is 0 Å². The van der Waals surface area contributed by atoms with Crippen LogP contribution in [0.5, 0.6) is 0 Å². The van der Waals surface area contributed by atoms with Gasteiger partial charge in [0.05, 0.1) is 6.20 Å². The molecule has 1 aromatic heterocycles. The van der Waals surface area contributed by atoms with Crippen molar-refractivity contribution in [2.45, 2.75) is 6.92 Å². The highest BCUT2D eigenvalue weighted by Gasteiger charge is 2.16. The van der Waals surface area contributed by atoms with Crippen LogP contribution in [0.25, 0.3) is 0 Å². The van der Waals surface area contributed by atoms with E-state index in [0.29, 0.717) is 17.9 Å². The van der Waals surface area contributed by atoms with Gasteiger partial charge in [0.25, 0.3) is 5.91 Å². The summed E-state index contributed by atoms with van der Waals surface area (Å²) in [5, 5.41) is 3.90. The summed E-state index contributed by atoms with van der Waals surface area (Å²) >= 11 is 0. The van der Waals surface area contributed by atoms with Crippen LogP contribution in [0.15, 0.2) is 6.20 Å². The van der Waals surface area contributed by atoms with Crippen molar-refractivity contribution in [3.05, 3.63) is 11.8 Å². The van der Waals surface area contributed by atoms with Crippen LogP contribution in [0, 0.1) is 0 Å². The van der Waals surface area contributed by atoms with Crippen LogP contribution in [0.1, 0.15) is 17.3 Å². The Kier molecular flexibility index (Phi) is 2.55. The smallest absolute Gasteiger partial charge is 0.258 e. The molecule has 1 aromatic rings. The number of carbonyl (C=O) groups is 1. The van der Waals surface area contributed by atoms with Crippen LogP contribution in [0.3, 0.4) is 0 Å². The number of aromatic nitrogens is 2. The van der Waals surface area contributed by atoms with Crippen molar-refractivity contribution < 1.29 is 4.79 Å². The predicted octanol–water partition coefficient (Wildman–Crippen LogP) is 0.0942. The van der Waals surface area contributed by atoms with Gasteiger partial charge in [-0.25, -0.2) is 0 Å². The van der Waals surface area contributed by atoms with Gasteiger partial charge in [-0.15, -0.1) is 0 Å². The topological polar surface area (TPSA) is 64.2 Å². The van der Waals surface area contributed by atoms with Gasteiger partial charge >= 0.3 is 0 Å². The number of rotatable bonds is 2. The fourth-order valence-corrected chi connectivity index (χ4v) is 0.961. The van der Waals surface area contributed by atoms with Crippen molar-refractivity contribution in [1.29, 1.82) is 0 Å². The number of anilines is 1. The Bertz CT molecular complexity index is 318. The Hall–Kier alpha value is -1.52. The van der Waals surface area contributed by atoms with E-state index in [0.717, 1.165) is 0 Å². The molecular weight excluding hydrogens is 168 g/mol. The number of amides is 1. The van der Waals surface area contributed by atoms with Crippen molar-refractivity contribution >= 4 is 11.7 Å². The van der Waals surface area contributed by atoms with E-state index in [-0.39, 0.29) is 5.91 Å². The Balaban J connectivity index is 2.95. The van der Waals surface area contributed by atoms with Gasteiger partial charge in [-0.2, -0.15) is 5.10 Å². The lowest BCUT2D eigenvalue weighted by atomic mass is 10.3. The zero-order valence-corrected chi connectivity index (χ0v) is 8.11. The molecule has 5 nitrogen and oxygen atoms in total. The molecule has 0 bridgehead atoms. The molecular formula is C8H14N4O. The molecule has 0 aliphatic heterocycles. The average Bonchev–Trinajstić information content (AvgIpc) is 2.45. The van der Waals surface area contributed by atoms with E-state index in [4.69, 9.17) is 5.73 Å². The Morgan fingerprint density at radius 3 is 2.77 bits per heavy atom. The van der Waals surface area contributed by atoms with Gasteiger partial charge in [0.2, 0.25) is 0 Å². The summed E-state index contributed by atoms with van der Waals surface area (Å²) in [5.74, 6) is 0.318. The van der Waals surface area contributed by atoms with E-state index in [1.807, 2.05) is 6.92 Å². The van der Waals surface area contributed by atoms with Crippen LogP contribution in [0.4, 0.5) is 5.82 Å². The molecule has 1 rings (SSSR count). The zero-order valence-electron chi connectivity index (χ0n) is 8.11. The molecule has 72 valence electrons. The van der Waals surface area contributed by atoms with Crippen LogP contribution >= 0.6 is 0 Å². The highest BCUT2D eigenvalue weighted by atomic mass is 16.2. The fourth-order valence-electron chi connectivity index (χ4n) is 0.961. The second-order valence-corrected chi connectivity index (χ2v) is 2.89. The normalized spacial score (nSPS) is 10.1. The molecule has 0 fully saturated rings. The summed E-state index contributed by atoms with van der Waals surface area (Å²) in [6.45, 7) is 2.57. The van der Waals surface area contributed by atoms with E-state index in [9.17, 15) is 4.79 Å². The number of hydrogen-bond acceptors (Lipinski definition) is 3. The van der Waals surface area contributed by atoms with Gasteiger partial charge in [0.15, 0.2) is 0 Å². The zero-order chi connectivity index (χ0) is 10.0. The molecule has 0 aromatic carbocycles. The second-order valence-electron chi connectivity index (χ2n) is 2.89. The predicted molar refractivity (Wildman–Crippen MR) is 50.3 cm³/mol. The van der Waals surface area contributed by atoms with Crippen molar-refractivity contribution in [3.63, 3.8) is 0 Å². The maximum atomic E-state index is 11.6. The monoisotopic (exact) mass is 182 g/mol. The van der Waals surface area contributed by atoms with E-state index in [1.54, 1.807) is 19.0 Å². The largest absolute Gasteiger partial charge is 0.383 e. The Morgan fingerprint density at radius 1 is 1.77 bits per heavy atom. The molecule has 0 aliphatic carbocycles. The fraction of sp³-hybridized carbons (Fsp3) is 0.500. The van der Waals surface area contributed by atoms with Gasteiger partial charge in [0, 0.05) is 20.6 Å². The summed E-state index contributed by atoms with van der Waals surface area (Å²) in [6.07, 6.45) is 1.49. The van der Waals surface area contributed by atoms with Crippen molar-refractivity contribution in [2.75, 3.05) is 19.3 Å². The molecule has 1 heterocycles. The van der Waals surface area contributed by atoms with E-state index in [2.05, 4.69) is 5.10 Å². The lowest BCUT2D eigenvalue weighted by Gasteiger charge is -2.13. The third kappa shape index (κ3) is 1.63. The first-order chi connectivity index (χ1) is 6.07. The van der Waals surface area contributed by atoms with Crippen LogP contribution in [-0.2, 0) is 7.05 Å². The SMILES string of the molecule is CCN(C)C(=O)c1cnn(C)c1N. The van der Waals surface area contributed by atoms with E-state index < -0.39 is 0 Å². The molecule has 0 aliphatic rings. The van der Waals surface area contributed by atoms with Crippen LogP contribution in [-0.4, -0.2) is 34.2 Å². The molecule has 0 atom stereocenters. The van der Waals surface area contributed by atoms with Gasteiger partial charge in [-0.05, 0) is 6.92 Å². The first kappa shape index (κ1) is 9.57. The molecule has 13 heavy (non-hydrogen) atoms. The van der Waals surface area contributed by atoms with Gasteiger partial charge in [-0.3, -0.25) is 9.48 Å². The number of aryl methyl sites for hydroxylation is 1. The highest BCUT2D eigenvalue weighted by molar-refractivity contribution is 5.98. The highest BCUT2D eigenvalue weighted by Crippen LogP contribution is 2.11. The molecule has 5 heteroatoms. The quantitative estimate of drug-likeness (QED) is 0.705. The number of carbonyl (C=O) groups excluding carboxylic acids is 1. The maximum absolute atomic E-state index is 11.6. The van der Waals surface area contributed by atoms with Crippen LogP contribution in [0.2, 0.25) is 0 Å². The summed E-state index contributed by atoms with van der Waals surface area (Å²) in [4.78, 5) is 13.2. The van der Waals surface area contributed by atoms with Gasteiger partial charge in [-0.1, -0.05) is 0 Å². The third-order valence-electron chi connectivity index (χ3n) is 2.04. The van der Waals surface area contributed by atoms with Gasteiger partial charge in [0.1, 0.15) is 11.4 Å². The molecule has 0 saturated carbocycles. The molecule has 0 unspecified atom stereocenters. The minimum atomic E-state index is -0.0897. The van der Waals surface area contributed by atoms with Gasteiger partial charge < -0.3 is 10.6 Å². The third-order valence-corrected chi connectivity index (χ3v) is 2.04. The summed E-state index contributed by atoms with van der Waals surface area (Å²) < 4.78 is 1.48. The van der Waals surface area contributed by atoms with E-state index >= 15 is 0 Å².